The van der Waals surface area contributed by atoms with Gasteiger partial charge in [0.2, 0.25) is 0 Å². The summed E-state index contributed by atoms with van der Waals surface area (Å²) < 4.78 is 27.3. The van der Waals surface area contributed by atoms with Crippen molar-refractivity contribution < 1.29 is 13.5 Å². The van der Waals surface area contributed by atoms with Crippen molar-refractivity contribution in [2.75, 3.05) is 27.2 Å². The number of hydrogen-bond acceptors (Lipinski definition) is 3. The Morgan fingerprint density at radius 1 is 1.35 bits per heavy atom. The molecule has 1 atom stereocenters. The smallest absolute Gasteiger partial charge is 0.282 e. The van der Waals surface area contributed by atoms with Crippen molar-refractivity contribution in [1.29, 1.82) is 0 Å². The average Bonchev–Trinajstić information content (AvgIpc) is 2.42. The third-order valence-corrected chi connectivity index (χ3v) is 5.51. The van der Waals surface area contributed by atoms with Gasteiger partial charge in [-0.2, -0.15) is 17.0 Å². The molecule has 7 heteroatoms. The Labute approximate surface area is 125 Å². The zero-order chi connectivity index (χ0) is 15.3. The number of halogens is 1. The molecule has 1 aromatic carbocycles. The van der Waals surface area contributed by atoms with Crippen LogP contribution >= 0.6 is 11.6 Å². The van der Waals surface area contributed by atoms with E-state index in [-0.39, 0.29) is 19.2 Å². The molecule has 0 aromatic heterocycles. The van der Waals surface area contributed by atoms with Gasteiger partial charge in [-0.3, -0.25) is 0 Å². The number of hydrogen-bond donors (Lipinski definition) is 1. The molecule has 0 saturated heterocycles. The molecule has 20 heavy (non-hydrogen) atoms. The van der Waals surface area contributed by atoms with Crippen molar-refractivity contribution in [1.82, 2.24) is 8.61 Å². The fourth-order valence-electron chi connectivity index (χ4n) is 1.80. The Hall–Kier alpha value is -0.660. The van der Waals surface area contributed by atoms with E-state index in [4.69, 9.17) is 16.7 Å². The summed E-state index contributed by atoms with van der Waals surface area (Å²) in [5, 5.41) is 9.37. The molecule has 1 unspecified atom stereocenters. The first kappa shape index (κ1) is 17.4. The Balaban J connectivity index is 2.90. The van der Waals surface area contributed by atoms with Crippen molar-refractivity contribution in [2.45, 2.75) is 19.4 Å². The van der Waals surface area contributed by atoms with Crippen molar-refractivity contribution in [3.8, 4) is 0 Å². The summed E-state index contributed by atoms with van der Waals surface area (Å²) in [6.45, 7) is 2.06. The van der Waals surface area contributed by atoms with Gasteiger partial charge in [-0.05, 0) is 31.0 Å². The van der Waals surface area contributed by atoms with Gasteiger partial charge in [0.05, 0.1) is 0 Å². The van der Waals surface area contributed by atoms with Crippen LogP contribution < -0.4 is 0 Å². The molecule has 0 aliphatic heterocycles. The average molecular weight is 321 g/mol. The summed E-state index contributed by atoms with van der Waals surface area (Å²) in [4.78, 5) is 0. The maximum atomic E-state index is 12.4. The highest BCUT2D eigenvalue weighted by Crippen LogP contribution is 2.24. The number of aliphatic hydroxyl groups excluding tert-OH is 1. The summed E-state index contributed by atoms with van der Waals surface area (Å²) in [5.41, 5.74) is 0.833. The second-order valence-corrected chi connectivity index (χ2v) is 7.19. The number of nitrogens with zero attached hydrogens (tertiary/aromatic N) is 2. The first-order valence-corrected chi connectivity index (χ1v) is 8.13. The Morgan fingerprint density at radius 2 is 2.00 bits per heavy atom. The Kier molecular flexibility index (Phi) is 6.42. The number of benzene rings is 1. The van der Waals surface area contributed by atoms with Crippen LogP contribution in [0.1, 0.15) is 24.9 Å². The third kappa shape index (κ3) is 4.17. The molecular weight excluding hydrogens is 300 g/mol. The molecule has 1 aromatic rings. The molecule has 1 N–H and O–H groups in total. The molecule has 0 radical (unpaired) electrons. The fraction of sp³-hybridized carbons (Fsp3) is 0.538. The molecule has 0 aliphatic carbocycles. The lowest BCUT2D eigenvalue weighted by molar-refractivity contribution is 0.270. The van der Waals surface area contributed by atoms with Crippen LogP contribution in [-0.2, 0) is 10.2 Å². The minimum absolute atomic E-state index is 0.0343. The Morgan fingerprint density at radius 3 is 2.55 bits per heavy atom. The van der Waals surface area contributed by atoms with Crippen LogP contribution in [0.3, 0.4) is 0 Å². The molecule has 0 fully saturated rings. The first-order valence-electron chi connectivity index (χ1n) is 6.36. The second kappa shape index (κ2) is 7.38. The largest absolute Gasteiger partial charge is 0.396 e. The van der Waals surface area contributed by atoms with Crippen LogP contribution in [0.15, 0.2) is 24.3 Å². The zero-order valence-electron chi connectivity index (χ0n) is 12.0. The van der Waals surface area contributed by atoms with Crippen LogP contribution in [-0.4, -0.2) is 49.4 Å². The van der Waals surface area contributed by atoms with Crippen molar-refractivity contribution in [3.05, 3.63) is 34.9 Å². The highest BCUT2D eigenvalue weighted by atomic mass is 35.5. The van der Waals surface area contributed by atoms with Crippen LogP contribution in [0, 0.1) is 0 Å². The standard InChI is InChI=1S/C13H21ClN2O3S/c1-11(12-6-4-7-13(14)10-12)16(3)20(18,19)15(2)8-5-9-17/h4,6-7,10-11,17H,5,8-9H2,1-3H3. The van der Waals surface area contributed by atoms with Gasteiger partial charge >= 0.3 is 0 Å². The van der Waals surface area contributed by atoms with Crippen LogP contribution in [0.2, 0.25) is 5.02 Å². The van der Waals surface area contributed by atoms with Gasteiger partial charge in [0.1, 0.15) is 0 Å². The minimum atomic E-state index is -3.56. The summed E-state index contributed by atoms with van der Waals surface area (Å²) in [5.74, 6) is 0. The quantitative estimate of drug-likeness (QED) is 0.834. The molecule has 0 aliphatic rings. The molecule has 0 heterocycles. The van der Waals surface area contributed by atoms with E-state index in [1.54, 1.807) is 18.2 Å². The maximum absolute atomic E-state index is 12.4. The SMILES string of the molecule is CC(c1cccc(Cl)c1)N(C)S(=O)(=O)N(C)CCCO. The van der Waals surface area contributed by atoms with E-state index in [9.17, 15) is 8.42 Å². The lowest BCUT2D eigenvalue weighted by atomic mass is 10.1. The highest BCUT2D eigenvalue weighted by Gasteiger charge is 2.28. The molecule has 114 valence electrons. The first-order chi connectivity index (χ1) is 9.30. The third-order valence-electron chi connectivity index (χ3n) is 3.27. The lowest BCUT2D eigenvalue weighted by Crippen LogP contribution is -2.41. The molecule has 0 bridgehead atoms. The van der Waals surface area contributed by atoms with E-state index in [0.29, 0.717) is 11.4 Å². The van der Waals surface area contributed by atoms with Crippen LogP contribution in [0.4, 0.5) is 0 Å². The molecule has 0 amide bonds. The van der Waals surface area contributed by atoms with Crippen molar-refractivity contribution in [2.24, 2.45) is 0 Å². The van der Waals surface area contributed by atoms with Crippen LogP contribution in [0.5, 0.6) is 0 Å². The van der Waals surface area contributed by atoms with Gasteiger partial charge in [-0.1, -0.05) is 23.7 Å². The monoisotopic (exact) mass is 320 g/mol. The lowest BCUT2D eigenvalue weighted by Gasteiger charge is -2.29. The van der Waals surface area contributed by atoms with Gasteiger partial charge in [0, 0.05) is 38.3 Å². The van der Waals surface area contributed by atoms with E-state index in [0.717, 1.165) is 5.56 Å². The van der Waals surface area contributed by atoms with Crippen LogP contribution in [0.25, 0.3) is 0 Å². The van der Waals surface area contributed by atoms with E-state index < -0.39 is 10.2 Å². The molecule has 1 rings (SSSR count). The normalized spacial score (nSPS) is 13.9. The zero-order valence-corrected chi connectivity index (χ0v) is 13.5. The summed E-state index contributed by atoms with van der Waals surface area (Å²) >= 11 is 5.93. The maximum Gasteiger partial charge on any atom is 0.282 e. The molecule has 0 saturated carbocycles. The van der Waals surface area contributed by atoms with Gasteiger partial charge in [-0.15, -0.1) is 0 Å². The van der Waals surface area contributed by atoms with E-state index in [1.165, 1.54) is 22.7 Å². The molecular formula is C13H21ClN2O3S. The van der Waals surface area contributed by atoms with Gasteiger partial charge in [0.25, 0.3) is 10.2 Å². The second-order valence-electron chi connectivity index (χ2n) is 4.65. The Bertz CT molecular complexity index is 536. The highest BCUT2D eigenvalue weighted by molar-refractivity contribution is 7.86. The number of aliphatic hydroxyl groups is 1. The summed E-state index contributed by atoms with van der Waals surface area (Å²) in [7, 11) is -0.515. The summed E-state index contributed by atoms with van der Waals surface area (Å²) in [6, 6.07) is 6.82. The predicted molar refractivity (Wildman–Crippen MR) is 80.9 cm³/mol. The minimum Gasteiger partial charge on any atom is -0.396 e. The van der Waals surface area contributed by atoms with Crippen molar-refractivity contribution >= 4 is 21.8 Å². The molecule has 5 nitrogen and oxygen atoms in total. The van der Waals surface area contributed by atoms with E-state index >= 15 is 0 Å². The van der Waals surface area contributed by atoms with Crippen molar-refractivity contribution in [3.63, 3.8) is 0 Å². The molecule has 0 spiro atoms. The van der Waals surface area contributed by atoms with E-state index in [1.807, 2.05) is 13.0 Å². The number of rotatable bonds is 7. The predicted octanol–water partition coefficient (Wildman–Crippen LogP) is 1.89. The topological polar surface area (TPSA) is 60.9 Å². The fourth-order valence-corrected chi connectivity index (χ4v) is 3.32. The van der Waals surface area contributed by atoms with Gasteiger partial charge < -0.3 is 5.11 Å². The van der Waals surface area contributed by atoms with Gasteiger partial charge in [-0.25, -0.2) is 0 Å². The van der Waals surface area contributed by atoms with E-state index in [2.05, 4.69) is 0 Å². The summed E-state index contributed by atoms with van der Waals surface area (Å²) in [6.07, 6.45) is 0.412. The van der Waals surface area contributed by atoms with Gasteiger partial charge in [0.15, 0.2) is 0 Å².